The van der Waals surface area contributed by atoms with Crippen molar-refractivity contribution in [3.05, 3.63) is 46.5 Å². The first-order valence-electron chi connectivity index (χ1n) is 10.2. The molecule has 3 aromatic rings. The summed E-state index contributed by atoms with van der Waals surface area (Å²) in [4.78, 5) is 0. The van der Waals surface area contributed by atoms with Crippen molar-refractivity contribution in [1.29, 1.82) is 0 Å². The predicted octanol–water partition coefficient (Wildman–Crippen LogP) is 7.86. The molecule has 0 N–H and O–H groups in total. The quantitative estimate of drug-likeness (QED) is 0.387. The van der Waals surface area contributed by atoms with Crippen molar-refractivity contribution in [2.45, 2.75) is 79.1 Å². The van der Waals surface area contributed by atoms with Gasteiger partial charge in [-0.25, -0.2) is 0 Å². The van der Waals surface area contributed by atoms with Crippen LogP contribution in [0.4, 0.5) is 0 Å². The van der Waals surface area contributed by atoms with E-state index in [0.717, 1.165) is 0 Å². The second-order valence-corrected chi connectivity index (χ2v) is 8.27. The summed E-state index contributed by atoms with van der Waals surface area (Å²) in [6.07, 6.45) is 9.87. The molecule has 0 atom stereocenters. The van der Waals surface area contributed by atoms with Gasteiger partial charge in [0.25, 0.3) is 0 Å². The van der Waals surface area contributed by atoms with Crippen molar-refractivity contribution in [1.82, 2.24) is 0 Å². The summed E-state index contributed by atoms with van der Waals surface area (Å²) in [5, 5.41) is 3.08. The zero-order chi connectivity index (χ0) is 17.8. The van der Waals surface area contributed by atoms with Crippen molar-refractivity contribution in [2.75, 3.05) is 0 Å². The normalized spacial score (nSPS) is 11.7. The molecule has 134 valence electrons. The number of benzene rings is 2. The Morgan fingerprint density at radius 2 is 1.16 bits per heavy atom. The van der Waals surface area contributed by atoms with E-state index in [2.05, 4.69) is 52.0 Å². The van der Waals surface area contributed by atoms with E-state index in [4.69, 9.17) is 0 Å². The lowest BCUT2D eigenvalue weighted by Crippen LogP contribution is -2.06. The lowest BCUT2D eigenvalue weighted by atomic mass is 9.84. The van der Waals surface area contributed by atoms with Gasteiger partial charge in [-0.15, -0.1) is 11.3 Å². The number of fused-ring (bicyclic) bond motifs is 3. The van der Waals surface area contributed by atoms with E-state index in [1.807, 2.05) is 11.3 Å². The summed E-state index contributed by atoms with van der Waals surface area (Å²) in [7, 11) is 0. The van der Waals surface area contributed by atoms with Crippen LogP contribution >= 0.6 is 11.3 Å². The van der Waals surface area contributed by atoms with Crippen LogP contribution in [0.3, 0.4) is 0 Å². The summed E-state index contributed by atoms with van der Waals surface area (Å²) < 4.78 is 3.05. The first kappa shape index (κ1) is 18.5. The Balaban J connectivity index is 2.47. The maximum atomic E-state index is 2.35. The average Bonchev–Trinajstić information content (AvgIpc) is 3.00. The zero-order valence-corrected chi connectivity index (χ0v) is 17.2. The molecule has 1 heteroatoms. The molecule has 3 rings (SSSR count). The molecule has 1 aromatic heterocycles. The molecule has 0 fully saturated rings. The summed E-state index contributed by atoms with van der Waals surface area (Å²) in [5.74, 6) is 0. The molecule has 0 aliphatic carbocycles. The first-order valence-corrected chi connectivity index (χ1v) is 11.0. The van der Waals surface area contributed by atoms with Gasteiger partial charge in [-0.3, -0.25) is 0 Å². The molecule has 25 heavy (non-hydrogen) atoms. The van der Waals surface area contributed by atoms with Crippen LogP contribution in [0.1, 0.15) is 75.6 Å². The average molecular weight is 353 g/mol. The molecule has 0 aliphatic heterocycles. The van der Waals surface area contributed by atoms with E-state index in [9.17, 15) is 0 Å². The third-order valence-electron chi connectivity index (χ3n) is 5.26. The van der Waals surface area contributed by atoms with Crippen molar-refractivity contribution >= 4 is 31.5 Å². The van der Waals surface area contributed by atoms with Gasteiger partial charge in [-0.2, -0.15) is 0 Å². The van der Waals surface area contributed by atoms with Crippen LogP contribution < -0.4 is 0 Å². The van der Waals surface area contributed by atoms with E-state index >= 15 is 0 Å². The first-order chi connectivity index (χ1) is 12.3. The van der Waals surface area contributed by atoms with Crippen molar-refractivity contribution in [3.63, 3.8) is 0 Å². The van der Waals surface area contributed by atoms with E-state index in [0.29, 0.717) is 0 Å². The van der Waals surface area contributed by atoms with Gasteiger partial charge in [0.05, 0.1) is 0 Å². The SMILES string of the molecule is CCCc1c(CCC)c(CCC)c2c(sc3ccccc32)c1CCC. The standard InChI is InChI=1S/C24H32S/c1-5-11-17-18(12-6-2)20(14-8-4)24-23(19(17)13-7-3)21-15-9-10-16-22(21)25-24/h9-10,15-16H,5-8,11-14H2,1-4H3. The minimum absolute atomic E-state index is 1.22. The monoisotopic (exact) mass is 352 g/mol. The van der Waals surface area contributed by atoms with Crippen molar-refractivity contribution in [3.8, 4) is 0 Å². The number of aryl methyl sites for hydroxylation is 2. The Labute approximate surface area is 157 Å². The topological polar surface area (TPSA) is 0 Å². The molecule has 0 radical (unpaired) electrons. The third-order valence-corrected chi connectivity index (χ3v) is 6.49. The minimum Gasteiger partial charge on any atom is -0.135 e. The molecular weight excluding hydrogens is 320 g/mol. The highest BCUT2D eigenvalue weighted by Gasteiger charge is 2.21. The molecule has 0 amide bonds. The minimum atomic E-state index is 1.22. The van der Waals surface area contributed by atoms with E-state index in [1.165, 1.54) is 61.5 Å². The number of hydrogen-bond acceptors (Lipinski definition) is 1. The Morgan fingerprint density at radius 1 is 0.640 bits per heavy atom. The van der Waals surface area contributed by atoms with Crippen LogP contribution in [0.15, 0.2) is 24.3 Å². The van der Waals surface area contributed by atoms with Gasteiger partial charge in [-0.05, 0) is 54.0 Å². The molecule has 0 unspecified atom stereocenters. The summed E-state index contributed by atoms with van der Waals surface area (Å²) in [6.45, 7) is 9.32. The predicted molar refractivity (Wildman–Crippen MR) is 115 cm³/mol. The Morgan fingerprint density at radius 3 is 1.80 bits per heavy atom. The van der Waals surface area contributed by atoms with E-state index < -0.39 is 0 Å². The second kappa shape index (κ2) is 8.36. The van der Waals surface area contributed by atoms with Gasteiger partial charge >= 0.3 is 0 Å². The Kier molecular flexibility index (Phi) is 6.17. The molecule has 0 nitrogen and oxygen atoms in total. The van der Waals surface area contributed by atoms with Crippen LogP contribution in [0.25, 0.3) is 20.2 Å². The molecular formula is C24H32S. The third kappa shape index (κ3) is 3.36. The fourth-order valence-electron chi connectivity index (χ4n) is 4.35. The second-order valence-electron chi connectivity index (χ2n) is 7.22. The molecule has 0 saturated heterocycles. The molecule has 0 spiro atoms. The summed E-state index contributed by atoms with van der Waals surface area (Å²) in [6, 6.07) is 9.06. The van der Waals surface area contributed by atoms with Crippen LogP contribution in [0, 0.1) is 0 Å². The van der Waals surface area contributed by atoms with Crippen molar-refractivity contribution < 1.29 is 0 Å². The van der Waals surface area contributed by atoms with E-state index in [1.54, 1.807) is 32.3 Å². The van der Waals surface area contributed by atoms with Crippen LogP contribution in [-0.2, 0) is 25.7 Å². The summed E-state index contributed by atoms with van der Waals surface area (Å²) >= 11 is 2.04. The van der Waals surface area contributed by atoms with E-state index in [-0.39, 0.29) is 0 Å². The molecule has 1 heterocycles. The molecule has 0 aliphatic rings. The van der Waals surface area contributed by atoms with Gasteiger partial charge in [-0.1, -0.05) is 71.6 Å². The maximum Gasteiger partial charge on any atom is 0.0393 e. The lowest BCUT2D eigenvalue weighted by Gasteiger charge is -2.21. The van der Waals surface area contributed by atoms with Crippen molar-refractivity contribution in [2.24, 2.45) is 0 Å². The summed E-state index contributed by atoms with van der Waals surface area (Å²) in [5.41, 5.74) is 6.74. The molecule has 0 saturated carbocycles. The smallest absolute Gasteiger partial charge is 0.0393 e. The molecule has 2 aromatic carbocycles. The van der Waals surface area contributed by atoms with Gasteiger partial charge in [0.15, 0.2) is 0 Å². The molecule has 0 bridgehead atoms. The highest BCUT2D eigenvalue weighted by Crippen LogP contribution is 2.43. The fraction of sp³-hybridized carbons (Fsp3) is 0.500. The van der Waals surface area contributed by atoms with Crippen LogP contribution in [0.5, 0.6) is 0 Å². The lowest BCUT2D eigenvalue weighted by molar-refractivity contribution is 0.811. The van der Waals surface area contributed by atoms with Gasteiger partial charge in [0, 0.05) is 20.2 Å². The van der Waals surface area contributed by atoms with Gasteiger partial charge in [0.2, 0.25) is 0 Å². The fourth-order valence-corrected chi connectivity index (χ4v) is 5.68. The number of thiophene rings is 1. The number of rotatable bonds is 8. The van der Waals surface area contributed by atoms with Crippen LogP contribution in [0.2, 0.25) is 0 Å². The van der Waals surface area contributed by atoms with Gasteiger partial charge in [0.1, 0.15) is 0 Å². The zero-order valence-electron chi connectivity index (χ0n) is 16.4. The highest BCUT2D eigenvalue weighted by atomic mass is 32.1. The Hall–Kier alpha value is -1.34. The Bertz CT molecular complexity index is 854. The highest BCUT2D eigenvalue weighted by molar-refractivity contribution is 7.26. The maximum absolute atomic E-state index is 2.35. The van der Waals surface area contributed by atoms with Crippen LogP contribution in [-0.4, -0.2) is 0 Å². The van der Waals surface area contributed by atoms with Gasteiger partial charge < -0.3 is 0 Å². The number of hydrogen-bond donors (Lipinski definition) is 0. The largest absolute Gasteiger partial charge is 0.135 e.